The molecule has 2 aromatic carbocycles. The summed E-state index contributed by atoms with van der Waals surface area (Å²) in [5.41, 5.74) is 1.21. The van der Waals surface area contributed by atoms with E-state index in [0.29, 0.717) is 11.1 Å². The first-order valence-corrected chi connectivity index (χ1v) is 7.36. The topological polar surface area (TPSA) is 66.4 Å². The van der Waals surface area contributed by atoms with E-state index in [2.05, 4.69) is 4.72 Å². The van der Waals surface area contributed by atoms with Crippen LogP contribution in [0.4, 0.5) is 10.1 Å². The van der Waals surface area contributed by atoms with Crippen molar-refractivity contribution in [3.05, 3.63) is 53.3 Å². The summed E-state index contributed by atoms with van der Waals surface area (Å²) in [6.45, 7) is 3.22. The van der Waals surface area contributed by atoms with Crippen molar-refractivity contribution in [3.63, 3.8) is 0 Å². The SMILES string of the molecule is Cc1ccc(NS(=O)(=O)c2ccc(F)cc2C)cc1O. The lowest BCUT2D eigenvalue weighted by atomic mass is 10.2. The average Bonchev–Trinajstić information content (AvgIpc) is 2.33. The van der Waals surface area contributed by atoms with Crippen molar-refractivity contribution in [3.8, 4) is 5.75 Å². The lowest BCUT2D eigenvalue weighted by molar-refractivity contribution is 0.471. The maximum absolute atomic E-state index is 13.0. The largest absolute Gasteiger partial charge is 0.508 e. The van der Waals surface area contributed by atoms with Gasteiger partial charge < -0.3 is 5.11 Å². The van der Waals surface area contributed by atoms with Gasteiger partial charge in [0, 0.05) is 6.07 Å². The third kappa shape index (κ3) is 2.91. The highest BCUT2D eigenvalue weighted by molar-refractivity contribution is 7.92. The first-order valence-electron chi connectivity index (χ1n) is 5.88. The minimum Gasteiger partial charge on any atom is -0.508 e. The van der Waals surface area contributed by atoms with Crippen molar-refractivity contribution in [2.75, 3.05) is 4.72 Å². The lowest BCUT2D eigenvalue weighted by Crippen LogP contribution is -2.14. The number of hydrogen-bond donors (Lipinski definition) is 2. The Bertz CT molecular complexity index is 757. The Morgan fingerprint density at radius 1 is 1.05 bits per heavy atom. The van der Waals surface area contributed by atoms with Crippen molar-refractivity contribution in [1.29, 1.82) is 0 Å². The molecule has 0 aliphatic carbocycles. The van der Waals surface area contributed by atoms with Crippen LogP contribution in [0, 0.1) is 19.7 Å². The van der Waals surface area contributed by atoms with E-state index in [-0.39, 0.29) is 16.3 Å². The quantitative estimate of drug-likeness (QED) is 0.915. The van der Waals surface area contributed by atoms with Crippen molar-refractivity contribution < 1.29 is 17.9 Å². The van der Waals surface area contributed by atoms with Gasteiger partial charge in [-0.25, -0.2) is 12.8 Å². The van der Waals surface area contributed by atoms with Crippen LogP contribution in [-0.2, 0) is 10.0 Å². The molecule has 2 aromatic rings. The number of halogens is 1. The minimum absolute atomic E-state index is 0.000952. The number of nitrogens with one attached hydrogen (secondary N) is 1. The predicted octanol–water partition coefficient (Wildman–Crippen LogP) is 2.95. The maximum atomic E-state index is 13.0. The van der Waals surface area contributed by atoms with E-state index in [4.69, 9.17) is 0 Å². The Kier molecular flexibility index (Phi) is 3.67. The van der Waals surface area contributed by atoms with Crippen LogP contribution in [0.3, 0.4) is 0 Å². The molecule has 0 aliphatic heterocycles. The molecule has 20 heavy (non-hydrogen) atoms. The fourth-order valence-electron chi connectivity index (χ4n) is 1.80. The van der Waals surface area contributed by atoms with Gasteiger partial charge in [0.25, 0.3) is 10.0 Å². The second kappa shape index (κ2) is 5.13. The number of anilines is 1. The summed E-state index contributed by atoms with van der Waals surface area (Å²) in [7, 11) is -3.82. The normalized spacial score (nSPS) is 11.3. The van der Waals surface area contributed by atoms with E-state index < -0.39 is 15.8 Å². The molecular formula is C14H14FNO3S. The van der Waals surface area contributed by atoms with Gasteiger partial charge in [0.1, 0.15) is 11.6 Å². The molecule has 0 bridgehead atoms. The number of phenolic OH excluding ortho intramolecular Hbond substituents is 1. The van der Waals surface area contributed by atoms with E-state index >= 15 is 0 Å². The molecule has 0 spiro atoms. The summed E-state index contributed by atoms with van der Waals surface area (Å²) in [5, 5.41) is 9.57. The molecule has 0 unspecified atom stereocenters. The Labute approximate surface area is 116 Å². The molecule has 2 N–H and O–H groups in total. The zero-order chi connectivity index (χ0) is 14.9. The molecular weight excluding hydrogens is 281 g/mol. The number of aromatic hydroxyl groups is 1. The van der Waals surface area contributed by atoms with E-state index in [1.165, 1.54) is 19.1 Å². The molecule has 0 heterocycles. The fraction of sp³-hybridized carbons (Fsp3) is 0.143. The van der Waals surface area contributed by atoms with Gasteiger partial charge in [-0.3, -0.25) is 4.72 Å². The van der Waals surface area contributed by atoms with Gasteiger partial charge in [-0.05, 0) is 49.2 Å². The van der Waals surface area contributed by atoms with Crippen LogP contribution in [-0.4, -0.2) is 13.5 Å². The van der Waals surface area contributed by atoms with Gasteiger partial charge >= 0.3 is 0 Å². The standard InChI is InChI=1S/C14H14FNO3S/c1-9-3-5-12(8-13(9)17)16-20(18,19)14-6-4-11(15)7-10(14)2/h3-8,16-17H,1-2H3. The number of benzene rings is 2. The summed E-state index contributed by atoms with van der Waals surface area (Å²) >= 11 is 0. The summed E-state index contributed by atoms with van der Waals surface area (Å²) in [5.74, 6) is -0.490. The molecule has 106 valence electrons. The molecule has 0 radical (unpaired) electrons. The van der Waals surface area contributed by atoms with Crippen molar-refractivity contribution in [2.45, 2.75) is 18.7 Å². The van der Waals surface area contributed by atoms with Gasteiger partial charge in [-0.2, -0.15) is 0 Å². The Morgan fingerprint density at radius 2 is 1.75 bits per heavy atom. The molecule has 0 fully saturated rings. The summed E-state index contributed by atoms with van der Waals surface area (Å²) < 4.78 is 39.8. The second-order valence-corrected chi connectivity index (χ2v) is 6.17. The number of hydrogen-bond acceptors (Lipinski definition) is 3. The third-order valence-electron chi connectivity index (χ3n) is 2.89. The number of rotatable bonds is 3. The molecule has 0 amide bonds. The molecule has 0 aromatic heterocycles. The van der Waals surface area contributed by atoms with Crippen LogP contribution in [0.5, 0.6) is 5.75 Å². The van der Waals surface area contributed by atoms with Crippen LogP contribution in [0.2, 0.25) is 0 Å². The molecule has 0 saturated carbocycles. The van der Waals surface area contributed by atoms with Crippen LogP contribution in [0.25, 0.3) is 0 Å². The summed E-state index contributed by atoms with van der Waals surface area (Å²) in [6, 6.07) is 7.93. The Hall–Kier alpha value is -2.08. The van der Waals surface area contributed by atoms with Gasteiger partial charge in [0.05, 0.1) is 10.6 Å². The monoisotopic (exact) mass is 295 g/mol. The van der Waals surface area contributed by atoms with Gasteiger partial charge in [-0.15, -0.1) is 0 Å². The van der Waals surface area contributed by atoms with Gasteiger partial charge in [0.15, 0.2) is 0 Å². The third-order valence-corrected chi connectivity index (χ3v) is 4.43. The first-order chi connectivity index (χ1) is 9.29. The lowest BCUT2D eigenvalue weighted by Gasteiger charge is -2.11. The highest BCUT2D eigenvalue weighted by Gasteiger charge is 2.17. The zero-order valence-electron chi connectivity index (χ0n) is 11.0. The highest BCUT2D eigenvalue weighted by atomic mass is 32.2. The molecule has 4 nitrogen and oxygen atoms in total. The predicted molar refractivity (Wildman–Crippen MR) is 74.8 cm³/mol. The highest BCUT2D eigenvalue weighted by Crippen LogP contribution is 2.24. The number of aryl methyl sites for hydroxylation is 2. The second-order valence-electron chi connectivity index (χ2n) is 4.52. The van der Waals surface area contributed by atoms with E-state index in [0.717, 1.165) is 12.1 Å². The Balaban J connectivity index is 2.38. The molecule has 0 atom stereocenters. The van der Waals surface area contributed by atoms with E-state index in [9.17, 15) is 17.9 Å². The molecule has 2 rings (SSSR count). The van der Waals surface area contributed by atoms with Crippen molar-refractivity contribution in [1.82, 2.24) is 0 Å². The van der Waals surface area contributed by atoms with Crippen LogP contribution in [0.15, 0.2) is 41.3 Å². The summed E-state index contributed by atoms with van der Waals surface area (Å²) in [6.07, 6.45) is 0. The van der Waals surface area contributed by atoms with E-state index in [1.54, 1.807) is 19.1 Å². The number of phenols is 1. The van der Waals surface area contributed by atoms with Crippen molar-refractivity contribution >= 4 is 15.7 Å². The van der Waals surface area contributed by atoms with Crippen molar-refractivity contribution in [2.24, 2.45) is 0 Å². The fourth-order valence-corrected chi connectivity index (χ4v) is 3.07. The van der Waals surface area contributed by atoms with Gasteiger partial charge in [-0.1, -0.05) is 6.07 Å². The molecule has 0 saturated heterocycles. The van der Waals surface area contributed by atoms with Crippen LogP contribution < -0.4 is 4.72 Å². The van der Waals surface area contributed by atoms with Crippen LogP contribution >= 0.6 is 0 Å². The minimum atomic E-state index is -3.82. The molecule has 0 aliphatic rings. The summed E-state index contributed by atoms with van der Waals surface area (Å²) in [4.78, 5) is -0.000959. The zero-order valence-corrected chi connectivity index (χ0v) is 11.8. The Morgan fingerprint density at radius 3 is 2.35 bits per heavy atom. The van der Waals surface area contributed by atoms with Gasteiger partial charge in [0.2, 0.25) is 0 Å². The average molecular weight is 295 g/mol. The first kappa shape index (κ1) is 14.3. The maximum Gasteiger partial charge on any atom is 0.262 e. The smallest absolute Gasteiger partial charge is 0.262 e. The van der Waals surface area contributed by atoms with E-state index in [1.807, 2.05) is 0 Å². The number of sulfonamides is 1. The van der Waals surface area contributed by atoms with Crippen LogP contribution in [0.1, 0.15) is 11.1 Å². The molecule has 6 heteroatoms.